The highest BCUT2D eigenvalue weighted by Crippen LogP contribution is 2.20. The van der Waals surface area contributed by atoms with Crippen molar-refractivity contribution in [1.82, 2.24) is 4.98 Å². The minimum absolute atomic E-state index is 0.205. The highest BCUT2D eigenvalue weighted by Gasteiger charge is 2.15. The molecule has 0 amide bonds. The van der Waals surface area contributed by atoms with Crippen LogP contribution in [0.15, 0.2) is 41.6 Å². The van der Waals surface area contributed by atoms with Crippen molar-refractivity contribution in [3.63, 3.8) is 0 Å². The van der Waals surface area contributed by atoms with Gasteiger partial charge in [0.25, 0.3) is 10.0 Å². The van der Waals surface area contributed by atoms with Crippen molar-refractivity contribution >= 4 is 38.3 Å². The molecule has 4 nitrogen and oxygen atoms in total. The van der Waals surface area contributed by atoms with E-state index in [0.29, 0.717) is 5.69 Å². The summed E-state index contributed by atoms with van der Waals surface area (Å²) in [5, 5.41) is 0. The van der Waals surface area contributed by atoms with E-state index in [0.717, 1.165) is 27.6 Å². The summed E-state index contributed by atoms with van der Waals surface area (Å²) in [6.07, 6.45) is 2.05. The van der Waals surface area contributed by atoms with Crippen molar-refractivity contribution in [2.45, 2.75) is 11.8 Å². The predicted octanol–water partition coefficient (Wildman–Crippen LogP) is 2.93. The number of hydrogen-bond donors (Lipinski definition) is 1. The van der Waals surface area contributed by atoms with E-state index in [1.807, 2.05) is 13.0 Å². The van der Waals surface area contributed by atoms with Crippen LogP contribution >= 0.6 is 22.6 Å². The maximum atomic E-state index is 13.0. The van der Waals surface area contributed by atoms with Gasteiger partial charge in [0.2, 0.25) is 0 Å². The third-order valence-electron chi connectivity index (χ3n) is 2.41. The zero-order valence-electron chi connectivity index (χ0n) is 9.89. The van der Waals surface area contributed by atoms with E-state index in [1.165, 1.54) is 0 Å². The van der Waals surface area contributed by atoms with Gasteiger partial charge in [-0.3, -0.25) is 9.71 Å². The molecule has 0 fully saturated rings. The molecule has 0 saturated carbocycles. The summed E-state index contributed by atoms with van der Waals surface area (Å²) in [7, 11) is -3.82. The van der Waals surface area contributed by atoms with Crippen molar-refractivity contribution in [2.75, 3.05) is 4.72 Å². The second kappa shape index (κ2) is 5.41. The van der Waals surface area contributed by atoms with E-state index in [1.54, 1.807) is 12.1 Å². The lowest BCUT2D eigenvalue weighted by Crippen LogP contribution is -2.13. The molecule has 2 aromatic rings. The van der Waals surface area contributed by atoms with Crippen LogP contribution in [0.1, 0.15) is 5.56 Å². The number of benzene rings is 1. The second-order valence-corrected chi connectivity index (χ2v) is 6.75. The number of halogens is 2. The number of anilines is 1. The van der Waals surface area contributed by atoms with Gasteiger partial charge in [-0.05, 0) is 53.3 Å². The molecule has 0 aliphatic rings. The van der Waals surface area contributed by atoms with Gasteiger partial charge in [0.15, 0.2) is 0 Å². The number of aromatic nitrogens is 1. The SMILES string of the molecule is Cc1ccc(NS(=O)(=O)c2cncc(F)c2)cc1I. The molecule has 0 radical (unpaired) electrons. The fraction of sp³-hybridized carbons (Fsp3) is 0.0833. The quantitative estimate of drug-likeness (QED) is 0.818. The van der Waals surface area contributed by atoms with E-state index < -0.39 is 15.8 Å². The summed E-state index contributed by atoms with van der Waals surface area (Å²) in [4.78, 5) is 3.32. The first-order valence-corrected chi connectivity index (χ1v) is 7.84. The van der Waals surface area contributed by atoms with Gasteiger partial charge in [0.1, 0.15) is 10.7 Å². The molecular formula is C12H10FIN2O2S. The van der Waals surface area contributed by atoms with E-state index >= 15 is 0 Å². The molecule has 1 N–H and O–H groups in total. The molecule has 0 unspecified atom stereocenters. The Hall–Kier alpha value is -1.22. The molecule has 0 aliphatic carbocycles. The number of pyridine rings is 1. The third kappa shape index (κ3) is 3.41. The summed E-state index contributed by atoms with van der Waals surface area (Å²) in [5.74, 6) is -0.693. The number of nitrogens with zero attached hydrogens (tertiary/aromatic N) is 1. The molecule has 2 rings (SSSR count). The standard InChI is InChI=1S/C12H10FIN2O2S/c1-8-2-3-10(5-12(8)14)16-19(17,18)11-4-9(13)6-15-7-11/h2-7,16H,1H3. The van der Waals surface area contributed by atoms with Crippen LogP contribution in [0.25, 0.3) is 0 Å². The Morgan fingerprint density at radius 3 is 2.63 bits per heavy atom. The molecule has 0 atom stereocenters. The monoisotopic (exact) mass is 392 g/mol. The largest absolute Gasteiger partial charge is 0.280 e. The Morgan fingerprint density at radius 1 is 1.26 bits per heavy atom. The summed E-state index contributed by atoms with van der Waals surface area (Å²) in [6.45, 7) is 1.93. The van der Waals surface area contributed by atoms with Gasteiger partial charge in [0.05, 0.1) is 6.20 Å². The number of nitrogens with one attached hydrogen (secondary N) is 1. The number of sulfonamides is 1. The Morgan fingerprint density at radius 2 is 2.00 bits per heavy atom. The first-order valence-electron chi connectivity index (χ1n) is 5.28. The van der Waals surface area contributed by atoms with Gasteiger partial charge in [-0.2, -0.15) is 0 Å². The van der Waals surface area contributed by atoms with Crippen molar-refractivity contribution in [1.29, 1.82) is 0 Å². The molecule has 0 saturated heterocycles. The second-order valence-electron chi connectivity index (χ2n) is 3.91. The number of aryl methyl sites for hydroxylation is 1. The van der Waals surface area contributed by atoms with Gasteiger partial charge in [-0.1, -0.05) is 6.07 Å². The van der Waals surface area contributed by atoms with E-state index in [-0.39, 0.29) is 4.90 Å². The molecule has 0 bridgehead atoms. The minimum atomic E-state index is -3.82. The lowest BCUT2D eigenvalue weighted by atomic mass is 10.2. The fourth-order valence-electron chi connectivity index (χ4n) is 1.41. The Balaban J connectivity index is 2.33. The molecule has 0 spiro atoms. The number of hydrogen-bond acceptors (Lipinski definition) is 3. The summed E-state index contributed by atoms with van der Waals surface area (Å²) in [5.41, 5.74) is 1.48. The summed E-state index contributed by atoms with van der Waals surface area (Å²) in [6, 6.07) is 6.10. The molecule has 19 heavy (non-hydrogen) atoms. The average molecular weight is 392 g/mol. The van der Waals surface area contributed by atoms with Crippen molar-refractivity contribution in [3.8, 4) is 0 Å². The van der Waals surface area contributed by atoms with Crippen LogP contribution in [-0.2, 0) is 10.0 Å². The smallest absolute Gasteiger partial charge is 0.263 e. The van der Waals surface area contributed by atoms with Crippen molar-refractivity contribution < 1.29 is 12.8 Å². The van der Waals surface area contributed by atoms with Crippen molar-refractivity contribution in [2.24, 2.45) is 0 Å². The fourth-order valence-corrected chi connectivity index (χ4v) is 2.95. The topological polar surface area (TPSA) is 59.1 Å². The molecular weight excluding hydrogens is 382 g/mol. The predicted molar refractivity (Wildman–Crippen MR) is 78.9 cm³/mol. The van der Waals surface area contributed by atoms with Gasteiger partial charge in [-0.25, -0.2) is 12.8 Å². The Labute approximate surface area is 124 Å². The molecule has 7 heteroatoms. The highest BCUT2D eigenvalue weighted by molar-refractivity contribution is 14.1. The van der Waals surface area contributed by atoms with Gasteiger partial charge in [0, 0.05) is 15.5 Å². The molecule has 100 valence electrons. The zero-order valence-corrected chi connectivity index (χ0v) is 12.9. The average Bonchev–Trinajstić information content (AvgIpc) is 2.33. The minimum Gasteiger partial charge on any atom is -0.280 e. The van der Waals surface area contributed by atoms with E-state index in [2.05, 4.69) is 32.3 Å². The maximum Gasteiger partial charge on any atom is 0.263 e. The molecule has 1 aromatic heterocycles. The van der Waals surface area contributed by atoms with Gasteiger partial charge in [-0.15, -0.1) is 0 Å². The summed E-state index contributed by atoms with van der Waals surface area (Å²) < 4.78 is 40.4. The lowest BCUT2D eigenvalue weighted by molar-refractivity contribution is 0.592. The van der Waals surface area contributed by atoms with Crippen LogP contribution in [0.3, 0.4) is 0 Å². The number of rotatable bonds is 3. The lowest BCUT2D eigenvalue weighted by Gasteiger charge is -2.09. The van der Waals surface area contributed by atoms with E-state index in [4.69, 9.17) is 0 Å². The van der Waals surface area contributed by atoms with Crippen LogP contribution in [0, 0.1) is 16.3 Å². The molecule has 1 heterocycles. The maximum absolute atomic E-state index is 13.0. The summed E-state index contributed by atoms with van der Waals surface area (Å²) >= 11 is 2.11. The normalized spacial score (nSPS) is 11.3. The first-order chi connectivity index (χ1) is 8.88. The van der Waals surface area contributed by atoms with Crippen LogP contribution in [0.5, 0.6) is 0 Å². The van der Waals surface area contributed by atoms with Crippen LogP contribution < -0.4 is 4.72 Å². The molecule has 1 aromatic carbocycles. The highest BCUT2D eigenvalue weighted by atomic mass is 127. The zero-order chi connectivity index (χ0) is 14.0. The van der Waals surface area contributed by atoms with Crippen LogP contribution in [-0.4, -0.2) is 13.4 Å². The first kappa shape index (κ1) is 14.2. The van der Waals surface area contributed by atoms with Crippen LogP contribution in [0.2, 0.25) is 0 Å². The Kier molecular flexibility index (Phi) is 4.04. The Bertz CT molecular complexity index is 719. The van der Waals surface area contributed by atoms with Gasteiger partial charge >= 0.3 is 0 Å². The van der Waals surface area contributed by atoms with E-state index in [9.17, 15) is 12.8 Å². The van der Waals surface area contributed by atoms with Crippen molar-refractivity contribution in [3.05, 3.63) is 51.6 Å². The van der Waals surface area contributed by atoms with Gasteiger partial charge < -0.3 is 0 Å². The third-order valence-corrected chi connectivity index (χ3v) is 4.92. The van der Waals surface area contributed by atoms with Crippen LogP contribution in [0.4, 0.5) is 10.1 Å². The molecule has 0 aliphatic heterocycles.